The van der Waals surface area contributed by atoms with E-state index in [-0.39, 0.29) is 5.82 Å². The summed E-state index contributed by atoms with van der Waals surface area (Å²) in [5.74, 6) is -0.170. The number of fused-ring (bicyclic) bond motifs is 1. The molecule has 0 saturated heterocycles. The van der Waals surface area contributed by atoms with Gasteiger partial charge in [-0.25, -0.2) is 4.39 Å². The van der Waals surface area contributed by atoms with E-state index in [1.807, 2.05) is 39.0 Å². The molecule has 0 unspecified atom stereocenters. The highest BCUT2D eigenvalue weighted by molar-refractivity contribution is 5.85. The van der Waals surface area contributed by atoms with E-state index in [0.29, 0.717) is 0 Å². The van der Waals surface area contributed by atoms with Crippen LogP contribution < -0.4 is 0 Å². The SMILES string of the molecule is CC.Cc1cccc2ccc(F)cc12. The summed E-state index contributed by atoms with van der Waals surface area (Å²) >= 11 is 0. The molecule has 0 fully saturated rings. The first-order valence-electron chi connectivity index (χ1n) is 4.92. The summed E-state index contributed by atoms with van der Waals surface area (Å²) in [5.41, 5.74) is 1.12. The molecule has 2 aromatic carbocycles. The highest BCUT2D eigenvalue weighted by Gasteiger charge is 1.96. The monoisotopic (exact) mass is 190 g/mol. The minimum atomic E-state index is -0.170. The van der Waals surface area contributed by atoms with E-state index < -0.39 is 0 Å². The van der Waals surface area contributed by atoms with E-state index >= 15 is 0 Å². The highest BCUT2D eigenvalue weighted by atomic mass is 19.1. The van der Waals surface area contributed by atoms with Gasteiger partial charge in [0.15, 0.2) is 0 Å². The van der Waals surface area contributed by atoms with Crippen LogP contribution in [0.1, 0.15) is 19.4 Å². The van der Waals surface area contributed by atoms with Crippen LogP contribution in [0.15, 0.2) is 36.4 Å². The van der Waals surface area contributed by atoms with Gasteiger partial charge in [0.1, 0.15) is 5.82 Å². The number of benzene rings is 2. The quantitative estimate of drug-likeness (QED) is 0.580. The second-order valence-corrected chi connectivity index (χ2v) is 2.94. The van der Waals surface area contributed by atoms with Gasteiger partial charge < -0.3 is 0 Å². The third-order valence-corrected chi connectivity index (χ3v) is 2.06. The maximum Gasteiger partial charge on any atom is 0.123 e. The molecule has 0 amide bonds. The Kier molecular flexibility index (Phi) is 3.63. The fourth-order valence-electron chi connectivity index (χ4n) is 1.40. The van der Waals surface area contributed by atoms with Gasteiger partial charge in [-0.2, -0.15) is 0 Å². The fourth-order valence-corrected chi connectivity index (χ4v) is 1.40. The van der Waals surface area contributed by atoms with E-state index in [1.54, 1.807) is 12.1 Å². The first kappa shape index (κ1) is 10.7. The zero-order valence-electron chi connectivity index (χ0n) is 8.84. The molecule has 0 atom stereocenters. The van der Waals surface area contributed by atoms with Gasteiger partial charge in [0, 0.05) is 0 Å². The van der Waals surface area contributed by atoms with Crippen molar-refractivity contribution < 1.29 is 4.39 Å². The van der Waals surface area contributed by atoms with Gasteiger partial charge in [-0.15, -0.1) is 0 Å². The van der Waals surface area contributed by atoms with Gasteiger partial charge in [0.25, 0.3) is 0 Å². The van der Waals surface area contributed by atoms with Crippen LogP contribution in [0.25, 0.3) is 10.8 Å². The zero-order chi connectivity index (χ0) is 10.6. The Balaban J connectivity index is 0.000000461. The molecular weight excluding hydrogens is 175 g/mol. The van der Waals surface area contributed by atoms with Crippen molar-refractivity contribution in [1.82, 2.24) is 0 Å². The number of rotatable bonds is 0. The van der Waals surface area contributed by atoms with Gasteiger partial charge in [-0.05, 0) is 35.4 Å². The van der Waals surface area contributed by atoms with Gasteiger partial charge >= 0.3 is 0 Å². The van der Waals surface area contributed by atoms with E-state index in [4.69, 9.17) is 0 Å². The molecule has 1 heteroatoms. The average molecular weight is 190 g/mol. The third-order valence-electron chi connectivity index (χ3n) is 2.06. The van der Waals surface area contributed by atoms with Crippen molar-refractivity contribution in [2.45, 2.75) is 20.8 Å². The molecular formula is C13H15F. The predicted molar refractivity (Wildman–Crippen MR) is 60.0 cm³/mol. The van der Waals surface area contributed by atoms with Crippen LogP contribution in [-0.2, 0) is 0 Å². The Morgan fingerprint density at radius 3 is 2.43 bits per heavy atom. The largest absolute Gasteiger partial charge is 0.207 e. The molecule has 0 saturated carbocycles. The van der Waals surface area contributed by atoms with Crippen LogP contribution in [-0.4, -0.2) is 0 Å². The number of halogens is 1. The molecule has 2 aromatic rings. The zero-order valence-corrected chi connectivity index (χ0v) is 8.84. The van der Waals surface area contributed by atoms with Crippen LogP contribution in [0.5, 0.6) is 0 Å². The Bertz CT molecular complexity index is 419. The molecule has 0 bridgehead atoms. The van der Waals surface area contributed by atoms with Crippen molar-refractivity contribution in [3.63, 3.8) is 0 Å². The Morgan fingerprint density at radius 1 is 1.00 bits per heavy atom. The van der Waals surface area contributed by atoms with Crippen molar-refractivity contribution in [2.75, 3.05) is 0 Å². The number of hydrogen-bond donors (Lipinski definition) is 0. The van der Waals surface area contributed by atoms with Crippen LogP contribution >= 0.6 is 0 Å². The second kappa shape index (κ2) is 4.75. The second-order valence-electron chi connectivity index (χ2n) is 2.94. The van der Waals surface area contributed by atoms with E-state index in [9.17, 15) is 4.39 Å². The molecule has 0 aliphatic heterocycles. The Morgan fingerprint density at radius 2 is 1.71 bits per heavy atom. The molecule has 74 valence electrons. The maximum atomic E-state index is 12.8. The van der Waals surface area contributed by atoms with E-state index in [2.05, 4.69) is 0 Å². The van der Waals surface area contributed by atoms with Gasteiger partial charge in [0.05, 0.1) is 0 Å². The first-order valence-corrected chi connectivity index (χ1v) is 4.92. The normalized spacial score (nSPS) is 9.43. The van der Waals surface area contributed by atoms with E-state index in [0.717, 1.165) is 16.3 Å². The lowest BCUT2D eigenvalue weighted by atomic mass is 10.1. The predicted octanol–water partition coefficient (Wildman–Crippen LogP) is 4.31. The van der Waals surface area contributed by atoms with Crippen molar-refractivity contribution in [1.29, 1.82) is 0 Å². The minimum Gasteiger partial charge on any atom is -0.207 e. The van der Waals surface area contributed by atoms with Crippen molar-refractivity contribution >= 4 is 10.8 Å². The third kappa shape index (κ3) is 2.11. The van der Waals surface area contributed by atoms with Crippen LogP contribution in [0.3, 0.4) is 0 Å². The van der Waals surface area contributed by atoms with Crippen molar-refractivity contribution in [2.24, 2.45) is 0 Å². The van der Waals surface area contributed by atoms with E-state index in [1.165, 1.54) is 6.07 Å². The summed E-state index contributed by atoms with van der Waals surface area (Å²) in [6.07, 6.45) is 0. The lowest BCUT2D eigenvalue weighted by Crippen LogP contribution is -1.79. The summed E-state index contributed by atoms with van der Waals surface area (Å²) in [4.78, 5) is 0. The standard InChI is InChI=1S/C11H9F.C2H6/c1-8-3-2-4-9-5-6-10(12)7-11(8)9;1-2/h2-7H,1H3;1-2H3. The fraction of sp³-hybridized carbons (Fsp3) is 0.231. The summed E-state index contributed by atoms with van der Waals surface area (Å²) in [5, 5.41) is 2.09. The van der Waals surface area contributed by atoms with Gasteiger partial charge in [-0.3, -0.25) is 0 Å². The molecule has 0 N–H and O–H groups in total. The molecule has 0 aliphatic rings. The van der Waals surface area contributed by atoms with Gasteiger partial charge in [0.2, 0.25) is 0 Å². The molecule has 0 heterocycles. The summed E-state index contributed by atoms with van der Waals surface area (Å²) in [7, 11) is 0. The Hall–Kier alpha value is -1.37. The van der Waals surface area contributed by atoms with Crippen LogP contribution in [0.2, 0.25) is 0 Å². The smallest absolute Gasteiger partial charge is 0.123 e. The number of aryl methyl sites for hydroxylation is 1. The molecule has 0 radical (unpaired) electrons. The topological polar surface area (TPSA) is 0 Å². The Labute approximate surface area is 84.4 Å². The highest BCUT2D eigenvalue weighted by Crippen LogP contribution is 2.18. The lowest BCUT2D eigenvalue weighted by Gasteiger charge is -2.00. The van der Waals surface area contributed by atoms with Crippen LogP contribution in [0.4, 0.5) is 4.39 Å². The molecule has 0 aromatic heterocycles. The molecule has 2 rings (SSSR count). The summed E-state index contributed by atoms with van der Waals surface area (Å²) < 4.78 is 12.8. The lowest BCUT2D eigenvalue weighted by molar-refractivity contribution is 0.629. The van der Waals surface area contributed by atoms with Crippen molar-refractivity contribution in [3.8, 4) is 0 Å². The minimum absolute atomic E-state index is 0.170. The molecule has 0 nitrogen and oxygen atoms in total. The molecule has 14 heavy (non-hydrogen) atoms. The summed E-state index contributed by atoms with van der Waals surface area (Å²) in [6, 6.07) is 10.8. The molecule has 0 spiro atoms. The number of hydrogen-bond acceptors (Lipinski definition) is 0. The summed E-state index contributed by atoms with van der Waals surface area (Å²) in [6.45, 7) is 5.99. The van der Waals surface area contributed by atoms with Crippen molar-refractivity contribution in [3.05, 3.63) is 47.8 Å². The van der Waals surface area contributed by atoms with Crippen LogP contribution in [0, 0.1) is 12.7 Å². The molecule has 0 aliphatic carbocycles. The first-order chi connectivity index (χ1) is 6.77. The van der Waals surface area contributed by atoms with Gasteiger partial charge in [-0.1, -0.05) is 38.1 Å². The maximum absolute atomic E-state index is 12.8. The average Bonchev–Trinajstić information content (AvgIpc) is 2.22.